The molecule has 0 fully saturated rings. The summed E-state index contributed by atoms with van der Waals surface area (Å²) in [6.07, 6.45) is 1.70. The highest BCUT2D eigenvalue weighted by molar-refractivity contribution is 6.02. The molecule has 0 aliphatic carbocycles. The number of anilines is 3. The number of ether oxygens (including phenoxy) is 2. The van der Waals surface area contributed by atoms with Crippen molar-refractivity contribution >= 4 is 35.0 Å². The maximum atomic E-state index is 14.3. The number of para-hydroxylation sites is 1. The van der Waals surface area contributed by atoms with E-state index in [1.807, 2.05) is 44.2 Å². The fraction of sp³-hybridized carbons (Fsp3) is 0.417. The molecule has 4 atom stereocenters. The smallest absolute Gasteiger partial charge is 0.323 e. The van der Waals surface area contributed by atoms with Gasteiger partial charge in [0.15, 0.2) is 0 Å². The average molecular weight is 664 g/mol. The molecule has 0 bridgehead atoms. The summed E-state index contributed by atoms with van der Waals surface area (Å²) in [4.78, 5) is 43.2. The number of hydrogen-bond acceptors (Lipinski definition) is 6. The Morgan fingerprint density at radius 2 is 1.65 bits per heavy atom. The van der Waals surface area contributed by atoms with Crippen molar-refractivity contribution in [1.29, 1.82) is 0 Å². The van der Waals surface area contributed by atoms with Gasteiger partial charge in [-0.1, -0.05) is 25.1 Å². The summed E-state index contributed by atoms with van der Waals surface area (Å²) in [5.41, 5.74) is 1.65. The fourth-order valence-corrected chi connectivity index (χ4v) is 5.38. The van der Waals surface area contributed by atoms with Crippen LogP contribution >= 0.6 is 0 Å². The minimum Gasteiger partial charge on any atom is -0.490 e. The number of rotatable bonds is 7. The van der Waals surface area contributed by atoms with Crippen LogP contribution in [0.15, 0.2) is 72.8 Å². The molecular weight excluding hydrogens is 617 g/mol. The van der Waals surface area contributed by atoms with Crippen molar-refractivity contribution in [1.82, 2.24) is 9.80 Å². The van der Waals surface area contributed by atoms with E-state index < -0.39 is 24.0 Å². The average Bonchev–Trinajstić information content (AvgIpc) is 3.07. The Hall–Kier alpha value is -4.68. The maximum Gasteiger partial charge on any atom is 0.323 e. The minimum absolute atomic E-state index is 0.216. The third-order valence-electron chi connectivity index (χ3n) is 8.24. The number of benzene rings is 3. The molecule has 3 aromatic carbocycles. The molecule has 1 aliphatic heterocycles. The zero-order valence-corrected chi connectivity index (χ0v) is 27.9. The molecule has 1 heterocycles. The van der Waals surface area contributed by atoms with Crippen molar-refractivity contribution < 1.29 is 33.4 Å². The standard InChI is InChI=1S/C36H46FN5O6/c1-24-21-42(25(2)23-43)34(44)31-20-30(39-35(45)38-29-15-13-27(37)14-16-29)17-18-32(31)48-26(3)10-8-9-19-47-33(24)22-41(4)36(46)40-28-11-6-5-7-12-28/h5-7,11-18,20,24-26,33,43H,8-10,19,21-23H2,1-4H3,(H,40,46)(H2,38,39,45)/t24-,25+,26+,33-/m0/s1. The molecule has 4 rings (SSSR count). The lowest BCUT2D eigenvalue weighted by Crippen LogP contribution is -2.48. The Balaban J connectivity index is 1.57. The van der Waals surface area contributed by atoms with E-state index in [9.17, 15) is 23.9 Å². The van der Waals surface area contributed by atoms with Gasteiger partial charge in [-0.3, -0.25) is 4.79 Å². The zero-order valence-electron chi connectivity index (χ0n) is 27.9. The van der Waals surface area contributed by atoms with Crippen molar-refractivity contribution in [3.63, 3.8) is 0 Å². The first-order valence-electron chi connectivity index (χ1n) is 16.3. The topological polar surface area (TPSA) is 132 Å². The largest absolute Gasteiger partial charge is 0.490 e. The molecule has 258 valence electrons. The van der Waals surface area contributed by atoms with Gasteiger partial charge in [0.05, 0.1) is 30.4 Å². The van der Waals surface area contributed by atoms with Crippen LogP contribution in [0.25, 0.3) is 0 Å². The van der Waals surface area contributed by atoms with Gasteiger partial charge >= 0.3 is 12.1 Å². The number of aliphatic hydroxyl groups excluding tert-OH is 1. The van der Waals surface area contributed by atoms with Gasteiger partial charge < -0.3 is 40.3 Å². The third kappa shape index (κ3) is 10.4. The summed E-state index contributed by atoms with van der Waals surface area (Å²) >= 11 is 0. The van der Waals surface area contributed by atoms with Crippen molar-refractivity contribution in [2.45, 2.75) is 58.3 Å². The number of nitrogens with zero attached hydrogens (tertiary/aromatic N) is 2. The lowest BCUT2D eigenvalue weighted by molar-refractivity contribution is -0.0115. The predicted molar refractivity (Wildman–Crippen MR) is 184 cm³/mol. The second-order valence-electron chi connectivity index (χ2n) is 12.3. The molecule has 48 heavy (non-hydrogen) atoms. The number of nitrogens with one attached hydrogen (secondary N) is 3. The number of aliphatic hydroxyl groups is 1. The molecule has 1 aliphatic rings. The third-order valence-corrected chi connectivity index (χ3v) is 8.24. The van der Waals surface area contributed by atoms with Crippen LogP contribution in [0, 0.1) is 11.7 Å². The van der Waals surface area contributed by atoms with E-state index in [0.29, 0.717) is 35.8 Å². The normalized spacial score (nSPS) is 19.6. The first-order valence-corrected chi connectivity index (χ1v) is 16.3. The van der Waals surface area contributed by atoms with Crippen molar-refractivity contribution in [2.24, 2.45) is 5.92 Å². The second-order valence-corrected chi connectivity index (χ2v) is 12.3. The van der Waals surface area contributed by atoms with Crippen LogP contribution in [0.4, 0.5) is 31.0 Å². The minimum atomic E-state index is -0.571. The Kier molecular flexibility index (Phi) is 13.2. The SMILES string of the molecule is C[C@@H]1CCCCO[C@@H](CN(C)C(=O)Nc2ccccc2)[C@@H](C)CN([C@H](C)CO)C(=O)c2cc(NC(=O)Nc3ccc(F)cc3)ccc2O1. The van der Waals surface area contributed by atoms with E-state index in [1.54, 1.807) is 42.0 Å². The van der Waals surface area contributed by atoms with Crippen LogP contribution in [-0.4, -0.2) is 84.5 Å². The zero-order chi connectivity index (χ0) is 34.6. The molecule has 0 spiro atoms. The lowest BCUT2D eigenvalue weighted by Gasteiger charge is -2.35. The van der Waals surface area contributed by atoms with Crippen LogP contribution in [0.3, 0.4) is 0 Å². The number of carbonyl (C=O) groups excluding carboxylic acids is 3. The number of likely N-dealkylation sites (N-methyl/N-ethyl adjacent to an activating group) is 1. The maximum absolute atomic E-state index is 14.3. The monoisotopic (exact) mass is 663 g/mol. The Morgan fingerprint density at radius 3 is 2.35 bits per heavy atom. The number of fused-ring (bicyclic) bond motifs is 1. The summed E-state index contributed by atoms with van der Waals surface area (Å²) in [5, 5.41) is 18.5. The van der Waals surface area contributed by atoms with Gasteiger partial charge in [-0.15, -0.1) is 0 Å². The molecule has 4 N–H and O–H groups in total. The van der Waals surface area contributed by atoms with Gasteiger partial charge in [0, 0.05) is 49.7 Å². The van der Waals surface area contributed by atoms with Gasteiger partial charge in [-0.2, -0.15) is 0 Å². The highest BCUT2D eigenvalue weighted by atomic mass is 19.1. The van der Waals surface area contributed by atoms with E-state index in [1.165, 1.54) is 24.3 Å². The molecule has 5 amide bonds. The fourth-order valence-electron chi connectivity index (χ4n) is 5.38. The number of halogens is 1. The molecule has 0 unspecified atom stereocenters. The Morgan fingerprint density at radius 1 is 0.979 bits per heavy atom. The van der Waals surface area contributed by atoms with Crippen LogP contribution in [0.2, 0.25) is 0 Å². The molecule has 12 heteroatoms. The van der Waals surface area contributed by atoms with Gasteiger partial charge in [0.2, 0.25) is 0 Å². The summed E-state index contributed by atoms with van der Waals surface area (Å²) in [7, 11) is 1.70. The number of carbonyl (C=O) groups is 3. The highest BCUT2D eigenvalue weighted by Gasteiger charge is 2.31. The van der Waals surface area contributed by atoms with Gasteiger partial charge in [0.25, 0.3) is 5.91 Å². The van der Waals surface area contributed by atoms with E-state index in [2.05, 4.69) is 16.0 Å². The van der Waals surface area contributed by atoms with Gasteiger partial charge in [-0.05, 0) is 87.7 Å². The van der Waals surface area contributed by atoms with E-state index in [4.69, 9.17) is 9.47 Å². The molecular formula is C36H46FN5O6. The first-order chi connectivity index (χ1) is 23.0. The van der Waals surface area contributed by atoms with Gasteiger partial charge in [0.1, 0.15) is 11.6 Å². The van der Waals surface area contributed by atoms with Gasteiger partial charge in [-0.25, -0.2) is 14.0 Å². The van der Waals surface area contributed by atoms with Crippen LogP contribution in [0.1, 0.15) is 50.4 Å². The lowest BCUT2D eigenvalue weighted by atomic mass is 10.0. The molecule has 0 saturated heterocycles. The van der Waals surface area contributed by atoms with E-state index in [0.717, 1.165) is 12.8 Å². The highest BCUT2D eigenvalue weighted by Crippen LogP contribution is 2.29. The summed E-state index contributed by atoms with van der Waals surface area (Å²) in [6, 6.07) is 18.0. The van der Waals surface area contributed by atoms with Crippen LogP contribution in [0.5, 0.6) is 5.75 Å². The summed E-state index contributed by atoms with van der Waals surface area (Å²) in [6.45, 7) is 6.34. The van der Waals surface area contributed by atoms with Crippen molar-refractivity contribution in [2.75, 3.05) is 49.3 Å². The van der Waals surface area contributed by atoms with Crippen LogP contribution < -0.4 is 20.7 Å². The number of urea groups is 2. The predicted octanol–water partition coefficient (Wildman–Crippen LogP) is 6.43. The van der Waals surface area contributed by atoms with Crippen molar-refractivity contribution in [3.8, 4) is 5.75 Å². The molecule has 11 nitrogen and oxygen atoms in total. The summed E-state index contributed by atoms with van der Waals surface area (Å²) in [5.74, 6) is -0.681. The van der Waals surface area contributed by atoms with E-state index in [-0.39, 0.29) is 49.2 Å². The Bertz CT molecular complexity index is 1510. The quantitative estimate of drug-likeness (QED) is 0.230. The molecule has 0 aromatic heterocycles. The van der Waals surface area contributed by atoms with Crippen LogP contribution in [-0.2, 0) is 4.74 Å². The van der Waals surface area contributed by atoms with Crippen molar-refractivity contribution in [3.05, 3.63) is 84.2 Å². The number of hydrogen-bond donors (Lipinski definition) is 4. The second kappa shape index (κ2) is 17.5. The molecule has 3 aromatic rings. The summed E-state index contributed by atoms with van der Waals surface area (Å²) < 4.78 is 25.9. The first kappa shape index (κ1) is 36.2. The molecule has 0 radical (unpaired) electrons. The number of amides is 5. The molecule has 0 saturated carbocycles. The van der Waals surface area contributed by atoms with E-state index >= 15 is 0 Å². The Labute approximate surface area is 281 Å².